The van der Waals surface area contributed by atoms with Gasteiger partial charge in [-0.1, -0.05) is 60.7 Å². The van der Waals surface area contributed by atoms with E-state index in [4.69, 9.17) is 0 Å². The van der Waals surface area contributed by atoms with E-state index in [2.05, 4.69) is 76.6 Å². The SMILES string of the molecule is C(=CC1CCN(c2ccccn2)CC1)c1cccc2ccccc12. The van der Waals surface area contributed by atoms with Crippen molar-refractivity contribution in [2.75, 3.05) is 18.0 Å². The average Bonchev–Trinajstić information content (AvgIpc) is 2.67. The van der Waals surface area contributed by atoms with Crippen molar-refractivity contribution in [2.45, 2.75) is 12.8 Å². The van der Waals surface area contributed by atoms with Crippen molar-refractivity contribution in [2.24, 2.45) is 5.92 Å². The summed E-state index contributed by atoms with van der Waals surface area (Å²) in [6.45, 7) is 2.17. The Hall–Kier alpha value is -2.61. The van der Waals surface area contributed by atoms with E-state index in [-0.39, 0.29) is 0 Å². The van der Waals surface area contributed by atoms with E-state index in [0.717, 1.165) is 18.9 Å². The molecule has 1 aliphatic heterocycles. The van der Waals surface area contributed by atoms with Gasteiger partial charge < -0.3 is 4.90 Å². The molecule has 120 valence electrons. The zero-order chi connectivity index (χ0) is 16.2. The number of allylic oxidation sites excluding steroid dienone is 1. The first-order valence-electron chi connectivity index (χ1n) is 8.72. The van der Waals surface area contributed by atoms with Crippen molar-refractivity contribution in [3.8, 4) is 0 Å². The summed E-state index contributed by atoms with van der Waals surface area (Å²) in [5.41, 5.74) is 1.32. The molecule has 0 amide bonds. The summed E-state index contributed by atoms with van der Waals surface area (Å²) in [7, 11) is 0. The summed E-state index contributed by atoms with van der Waals surface area (Å²) < 4.78 is 0. The number of fused-ring (bicyclic) bond motifs is 1. The van der Waals surface area contributed by atoms with E-state index in [1.165, 1.54) is 29.2 Å². The van der Waals surface area contributed by atoms with Crippen LogP contribution < -0.4 is 4.90 Å². The van der Waals surface area contributed by atoms with Crippen LogP contribution in [-0.4, -0.2) is 18.1 Å². The molecule has 0 spiro atoms. The second-order valence-electron chi connectivity index (χ2n) is 6.44. The Bertz CT molecular complexity index is 825. The third kappa shape index (κ3) is 3.18. The smallest absolute Gasteiger partial charge is 0.128 e. The van der Waals surface area contributed by atoms with Crippen molar-refractivity contribution in [1.29, 1.82) is 0 Å². The molecule has 24 heavy (non-hydrogen) atoms. The fraction of sp³-hybridized carbons (Fsp3) is 0.227. The number of hydrogen-bond acceptors (Lipinski definition) is 2. The Kier molecular flexibility index (Phi) is 4.28. The molecule has 0 saturated carbocycles. The topological polar surface area (TPSA) is 16.1 Å². The van der Waals surface area contributed by atoms with Gasteiger partial charge in [0, 0.05) is 19.3 Å². The minimum absolute atomic E-state index is 0.656. The fourth-order valence-corrected chi connectivity index (χ4v) is 3.50. The monoisotopic (exact) mass is 314 g/mol. The van der Waals surface area contributed by atoms with Gasteiger partial charge >= 0.3 is 0 Å². The highest BCUT2D eigenvalue weighted by atomic mass is 15.2. The predicted octanol–water partition coefficient (Wildman–Crippen LogP) is 5.16. The molecule has 1 saturated heterocycles. The van der Waals surface area contributed by atoms with Crippen molar-refractivity contribution in [3.63, 3.8) is 0 Å². The van der Waals surface area contributed by atoms with E-state index in [9.17, 15) is 0 Å². The van der Waals surface area contributed by atoms with Crippen molar-refractivity contribution in [3.05, 3.63) is 78.5 Å². The van der Waals surface area contributed by atoms with Crippen molar-refractivity contribution >= 4 is 22.7 Å². The zero-order valence-electron chi connectivity index (χ0n) is 13.8. The Labute approximate surface area is 143 Å². The molecule has 2 heteroatoms. The van der Waals surface area contributed by atoms with Crippen LogP contribution in [0.25, 0.3) is 16.8 Å². The quantitative estimate of drug-likeness (QED) is 0.663. The Morgan fingerprint density at radius 2 is 1.67 bits per heavy atom. The highest BCUT2D eigenvalue weighted by molar-refractivity contribution is 5.90. The van der Waals surface area contributed by atoms with Gasteiger partial charge in [-0.25, -0.2) is 4.98 Å². The first kappa shape index (κ1) is 14.9. The van der Waals surface area contributed by atoms with Crippen LogP contribution in [0, 0.1) is 5.92 Å². The Morgan fingerprint density at radius 3 is 2.50 bits per heavy atom. The lowest BCUT2D eigenvalue weighted by atomic mass is 9.94. The second-order valence-corrected chi connectivity index (χ2v) is 6.44. The number of pyridine rings is 1. The van der Waals surface area contributed by atoms with Crippen LogP contribution in [0.4, 0.5) is 5.82 Å². The number of nitrogens with zero attached hydrogens (tertiary/aromatic N) is 2. The lowest BCUT2D eigenvalue weighted by Gasteiger charge is -2.31. The fourth-order valence-electron chi connectivity index (χ4n) is 3.50. The van der Waals surface area contributed by atoms with E-state index in [1.54, 1.807) is 0 Å². The maximum atomic E-state index is 4.46. The highest BCUT2D eigenvalue weighted by Gasteiger charge is 2.17. The third-order valence-electron chi connectivity index (χ3n) is 4.88. The predicted molar refractivity (Wildman–Crippen MR) is 102 cm³/mol. The van der Waals surface area contributed by atoms with Crippen LogP contribution >= 0.6 is 0 Å². The third-order valence-corrected chi connectivity index (χ3v) is 4.88. The molecule has 1 fully saturated rings. The van der Waals surface area contributed by atoms with Gasteiger partial charge in [0.2, 0.25) is 0 Å². The Balaban J connectivity index is 1.44. The maximum Gasteiger partial charge on any atom is 0.128 e. The van der Waals surface area contributed by atoms with Gasteiger partial charge in [-0.15, -0.1) is 0 Å². The largest absolute Gasteiger partial charge is 0.357 e. The van der Waals surface area contributed by atoms with Gasteiger partial charge in [0.15, 0.2) is 0 Å². The summed E-state index contributed by atoms with van der Waals surface area (Å²) >= 11 is 0. The summed E-state index contributed by atoms with van der Waals surface area (Å²) in [6, 6.07) is 21.3. The maximum absolute atomic E-state index is 4.46. The first-order chi connectivity index (χ1) is 11.9. The minimum atomic E-state index is 0.656. The molecule has 2 nitrogen and oxygen atoms in total. The molecule has 0 atom stereocenters. The van der Waals surface area contributed by atoms with Gasteiger partial charge in [0.1, 0.15) is 5.82 Å². The number of benzene rings is 2. The van der Waals surface area contributed by atoms with Crippen LogP contribution in [-0.2, 0) is 0 Å². The van der Waals surface area contributed by atoms with Crippen LogP contribution in [0.15, 0.2) is 72.9 Å². The molecular weight excluding hydrogens is 292 g/mol. The molecule has 3 aromatic rings. The van der Waals surface area contributed by atoms with Gasteiger partial charge in [-0.05, 0) is 47.2 Å². The number of anilines is 1. The summed E-state index contributed by atoms with van der Waals surface area (Å²) in [5, 5.41) is 2.65. The van der Waals surface area contributed by atoms with Crippen LogP contribution in [0.3, 0.4) is 0 Å². The molecular formula is C22H22N2. The number of hydrogen-bond donors (Lipinski definition) is 0. The molecule has 0 radical (unpaired) electrons. The minimum Gasteiger partial charge on any atom is -0.357 e. The normalized spacial score (nSPS) is 16.1. The van der Waals surface area contributed by atoms with Gasteiger partial charge in [-0.3, -0.25) is 0 Å². The molecule has 2 aromatic carbocycles. The van der Waals surface area contributed by atoms with Gasteiger partial charge in [0.25, 0.3) is 0 Å². The number of aromatic nitrogens is 1. The second kappa shape index (κ2) is 6.88. The van der Waals surface area contributed by atoms with E-state index in [1.807, 2.05) is 12.3 Å². The standard InChI is InChI=1S/C22H22N2/c1-2-9-21-19(6-1)7-5-8-20(21)12-11-18-13-16-24(17-14-18)22-10-3-4-15-23-22/h1-12,15,18H,13-14,16-17H2. The molecule has 1 aromatic heterocycles. The zero-order valence-corrected chi connectivity index (χ0v) is 13.8. The molecule has 4 rings (SSSR count). The lowest BCUT2D eigenvalue weighted by molar-refractivity contribution is 0.478. The van der Waals surface area contributed by atoms with E-state index in [0.29, 0.717) is 5.92 Å². The van der Waals surface area contributed by atoms with Crippen LogP contribution in [0.5, 0.6) is 0 Å². The van der Waals surface area contributed by atoms with Crippen molar-refractivity contribution in [1.82, 2.24) is 4.98 Å². The number of rotatable bonds is 3. The van der Waals surface area contributed by atoms with Crippen molar-refractivity contribution < 1.29 is 0 Å². The summed E-state index contributed by atoms with van der Waals surface area (Å²) in [5.74, 6) is 1.76. The molecule has 1 aliphatic rings. The van der Waals surface area contributed by atoms with Gasteiger partial charge in [-0.2, -0.15) is 0 Å². The molecule has 0 unspecified atom stereocenters. The number of piperidine rings is 1. The Morgan fingerprint density at radius 1 is 0.875 bits per heavy atom. The molecule has 0 bridgehead atoms. The van der Waals surface area contributed by atoms with Crippen LogP contribution in [0.1, 0.15) is 18.4 Å². The van der Waals surface area contributed by atoms with Gasteiger partial charge in [0.05, 0.1) is 0 Å². The van der Waals surface area contributed by atoms with E-state index >= 15 is 0 Å². The summed E-state index contributed by atoms with van der Waals surface area (Å²) in [4.78, 5) is 6.85. The average molecular weight is 314 g/mol. The first-order valence-corrected chi connectivity index (χ1v) is 8.72. The molecule has 2 heterocycles. The summed E-state index contributed by atoms with van der Waals surface area (Å²) in [6.07, 6.45) is 8.97. The van der Waals surface area contributed by atoms with E-state index < -0.39 is 0 Å². The molecule has 0 N–H and O–H groups in total. The highest BCUT2D eigenvalue weighted by Crippen LogP contribution is 2.25. The lowest BCUT2D eigenvalue weighted by Crippen LogP contribution is -2.33. The van der Waals surface area contributed by atoms with Crippen LogP contribution in [0.2, 0.25) is 0 Å². The molecule has 0 aliphatic carbocycles.